The molecule has 96 valence electrons. The number of benzene rings is 1. The van der Waals surface area contributed by atoms with Crippen LogP contribution in [0.25, 0.3) is 10.9 Å². The van der Waals surface area contributed by atoms with Crippen molar-refractivity contribution in [3.63, 3.8) is 0 Å². The molecule has 0 aliphatic rings. The highest BCUT2D eigenvalue weighted by molar-refractivity contribution is 5.98. The van der Waals surface area contributed by atoms with Crippen molar-refractivity contribution in [2.45, 2.75) is 20.3 Å². The number of para-hydroxylation sites is 1. The molecule has 3 nitrogen and oxygen atoms in total. The van der Waals surface area contributed by atoms with Gasteiger partial charge >= 0.3 is 0 Å². The van der Waals surface area contributed by atoms with Crippen molar-refractivity contribution in [1.82, 2.24) is 9.88 Å². The van der Waals surface area contributed by atoms with Gasteiger partial charge < -0.3 is 9.88 Å². The van der Waals surface area contributed by atoms with Gasteiger partial charge in [-0.1, -0.05) is 32.0 Å². The van der Waals surface area contributed by atoms with E-state index < -0.39 is 0 Å². The van der Waals surface area contributed by atoms with Crippen molar-refractivity contribution in [3.8, 4) is 0 Å². The maximum absolute atomic E-state index is 12.1. The summed E-state index contributed by atoms with van der Waals surface area (Å²) >= 11 is 0. The van der Waals surface area contributed by atoms with Gasteiger partial charge in [0, 0.05) is 24.5 Å². The van der Waals surface area contributed by atoms with Gasteiger partial charge in [-0.2, -0.15) is 0 Å². The summed E-state index contributed by atoms with van der Waals surface area (Å²) in [6.07, 6.45) is 1.01. The van der Waals surface area contributed by atoms with E-state index in [1.54, 1.807) is 0 Å². The van der Waals surface area contributed by atoms with Crippen molar-refractivity contribution in [2.75, 3.05) is 6.54 Å². The molecule has 0 aliphatic carbocycles. The van der Waals surface area contributed by atoms with Gasteiger partial charge in [0.15, 0.2) is 0 Å². The molecular formula is C15H20N2O. The highest BCUT2D eigenvalue weighted by Gasteiger charge is 2.12. The normalized spacial score (nSPS) is 11.1. The van der Waals surface area contributed by atoms with Crippen molar-refractivity contribution in [2.24, 2.45) is 13.0 Å². The second kappa shape index (κ2) is 5.25. The lowest BCUT2D eigenvalue weighted by atomic mass is 10.1. The molecule has 0 fully saturated rings. The summed E-state index contributed by atoms with van der Waals surface area (Å²) in [4.78, 5) is 12.1. The quantitative estimate of drug-likeness (QED) is 0.881. The average Bonchev–Trinajstić information content (AvgIpc) is 2.67. The third-order valence-electron chi connectivity index (χ3n) is 3.19. The smallest absolute Gasteiger partial charge is 0.267 e. The lowest BCUT2D eigenvalue weighted by molar-refractivity contribution is 0.0944. The molecule has 1 aromatic heterocycles. The van der Waals surface area contributed by atoms with E-state index >= 15 is 0 Å². The second-order valence-electron chi connectivity index (χ2n) is 5.09. The summed E-state index contributed by atoms with van der Waals surface area (Å²) < 4.78 is 1.94. The highest BCUT2D eigenvalue weighted by atomic mass is 16.1. The Morgan fingerprint density at radius 1 is 1.33 bits per heavy atom. The van der Waals surface area contributed by atoms with Crippen LogP contribution in [0.15, 0.2) is 30.3 Å². The van der Waals surface area contributed by atoms with E-state index in [2.05, 4.69) is 19.2 Å². The molecule has 1 heterocycles. The van der Waals surface area contributed by atoms with Crippen molar-refractivity contribution >= 4 is 16.8 Å². The Morgan fingerprint density at radius 2 is 2.06 bits per heavy atom. The minimum absolute atomic E-state index is 0.00866. The highest BCUT2D eigenvalue weighted by Crippen LogP contribution is 2.18. The summed E-state index contributed by atoms with van der Waals surface area (Å²) in [7, 11) is 1.93. The molecule has 0 bridgehead atoms. The molecule has 0 saturated carbocycles. The van der Waals surface area contributed by atoms with Gasteiger partial charge in [0.1, 0.15) is 5.69 Å². The van der Waals surface area contributed by atoms with Crippen LogP contribution < -0.4 is 5.32 Å². The van der Waals surface area contributed by atoms with Crippen LogP contribution in [0.5, 0.6) is 0 Å². The molecule has 1 N–H and O–H groups in total. The van der Waals surface area contributed by atoms with Gasteiger partial charge in [0.25, 0.3) is 5.91 Å². The predicted molar refractivity (Wildman–Crippen MR) is 74.7 cm³/mol. The average molecular weight is 244 g/mol. The molecule has 3 heteroatoms. The number of fused-ring (bicyclic) bond motifs is 1. The number of amides is 1. The van der Waals surface area contributed by atoms with Gasteiger partial charge in [0.2, 0.25) is 0 Å². The summed E-state index contributed by atoms with van der Waals surface area (Å²) in [6, 6.07) is 9.98. The molecule has 0 radical (unpaired) electrons. The molecule has 0 atom stereocenters. The monoisotopic (exact) mass is 244 g/mol. The van der Waals surface area contributed by atoms with Gasteiger partial charge in [-0.3, -0.25) is 4.79 Å². The summed E-state index contributed by atoms with van der Waals surface area (Å²) in [5, 5.41) is 4.08. The minimum atomic E-state index is 0.00866. The Balaban J connectivity index is 2.15. The van der Waals surface area contributed by atoms with E-state index in [0.29, 0.717) is 5.92 Å². The lowest BCUT2D eigenvalue weighted by Crippen LogP contribution is -2.27. The first-order chi connectivity index (χ1) is 8.59. The zero-order valence-corrected chi connectivity index (χ0v) is 11.2. The minimum Gasteiger partial charge on any atom is -0.351 e. The fraction of sp³-hybridized carbons (Fsp3) is 0.400. The standard InChI is InChI=1S/C15H20N2O/c1-11(2)8-9-16-15(18)14-10-12-6-4-5-7-13(12)17(14)3/h4-7,10-11H,8-9H2,1-3H3,(H,16,18). The van der Waals surface area contributed by atoms with Crippen molar-refractivity contribution < 1.29 is 4.79 Å². The number of nitrogens with one attached hydrogen (secondary N) is 1. The molecule has 1 amide bonds. The van der Waals surface area contributed by atoms with Crippen LogP contribution in [0.3, 0.4) is 0 Å². The topological polar surface area (TPSA) is 34.0 Å². The fourth-order valence-electron chi connectivity index (χ4n) is 2.07. The van der Waals surface area contributed by atoms with Gasteiger partial charge in [-0.05, 0) is 24.5 Å². The van der Waals surface area contributed by atoms with Crippen molar-refractivity contribution in [1.29, 1.82) is 0 Å². The van der Waals surface area contributed by atoms with Crippen LogP contribution in [0.2, 0.25) is 0 Å². The first-order valence-corrected chi connectivity index (χ1v) is 6.42. The van der Waals surface area contributed by atoms with E-state index in [1.165, 1.54) is 0 Å². The molecule has 0 unspecified atom stereocenters. The third kappa shape index (κ3) is 2.55. The number of rotatable bonds is 4. The number of aryl methyl sites for hydroxylation is 1. The Bertz CT molecular complexity index is 555. The van der Waals surface area contributed by atoms with Crippen LogP contribution in [-0.4, -0.2) is 17.0 Å². The van der Waals surface area contributed by atoms with Gasteiger partial charge in [0.05, 0.1) is 0 Å². The van der Waals surface area contributed by atoms with Crippen LogP contribution in [0, 0.1) is 5.92 Å². The summed E-state index contributed by atoms with van der Waals surface area (Å²) in [6.45, 7) is 5.05. The molecule has 0 aliphatic heterocycles. The van der Waals surface area contributed by atoms with Gasteiger partial charge in [-0.25, -0.2) is 0 Å². The molecule has 0 saturated heterocycles. The van der Waals surface area contributed by atoms with E-state index in [4.69, 9.17) is 0 Å². The maximum atomic E-state index is 12.1. The largest absolute Gasteiger partial charge is 0.351 e. The van der Waals surface area contributed by atoms with Crippen LogP contribution in [-0.2, 0) is 7.05 Å². The summed E-state index contributed by atoms with van der Waals surface area (Å²) in [5.41, 5.74) is 1.81. The molecule has 1 aromatic carbocycles. The Hall–Kier alpha value is -1.77. The van der Waals surface area contributed by atoms with Crippen LogP contribution in [0.1, 0.15) is 30.8 Å². The Kier molecular flexibility index (Phi) is 3.70. The first-order valence-electron chi connectivity index (χ1n) is 6.42. The van der Waals surface area contributed by atoms with E-state index in [-0.39, 0.29) is 5.91 Å². The third-order valence-corrected chi connectivity index (χ3v) is 3.19. The summed E-state index contributed by atoms with van der Waals surface area (Å²) in [5.74, 6) is 0.618. The maximum Gasteiger partial charge on any atom is 0.267 e. The number of hydrogen-bond acceptors (Lipinski definition) is 1. The van der Waals surface area contributed by atoms with E-state index in [9.17, 15) is 4.79 Å². The Labute approximate surface area is 108 Å². The zero-order chi connectivity index (χ0) is 13.1. The first kappa shape index (κ1) is 12.7. The van der Waals surface area contributed by atoms with Crippen LogP contribution >= 0.6 is 0 Å². The number of nitrogens with zero attached hydrogens (tertiary/aromatic N) is 1. The van der Waals surface area contributed by atoms with Crippen molar-refractivity contribution in [3.05, 3.63) is 36.0 Å². The Morgan fingerprint density at radius 3 is 2.72 bits per heavy atom. The molecule has 2 aromatic rings. The number of aromatic nitrogens is 1. The van der Waals surface area contributed by atoms with E-state index in [0.717, 1.165) is 29.6 Å². The second-order valence-corrected chi connectivity index (χ2v) is 5.09. The van der Waals surface area contributed by atoms with Crippen LogP contribution in [0.4, 0.5) is 0 Å². The zero-order valence-electron chi connectivity index (χ0n) is 11.2. The molecule has 2 rings (SSSR count). The fourth-order valence-corrected chi connectivity index (χ4v) is 2.07. The number of hydrogen-bond donors (Lipinski definition) is 1. The molecular weight excluding hydrogens is 224 g/mol. The molecule has 18 heavy (non-hydrogen) atoms. The number of carbonyl (C=O) groups excluding carboxylic acids is 1. The van der Waals surface area contributed by atoms with E-state index in [1.807, 2.05) is 41.9 Å². The lowest BCUT2D eigenvalue weighted by Gasteiger charge is -2.08. The molecule has 0 spiro atoms. The van der Waals surface area contributed by atoms with Gasteiger partial charge in [-0.15, -0.1) is 0 Å². The SMILES string of the molecule is CC(C)CCNC(=O)c1cc2ccccc2n1C. The predicted octanol–water partition coefficient (Wildman–Crippen LogP) is 2.95. The number of carbonyl (C=O) groups is 1.